The highest BCUT2D eigenvalue weighted by Crippen LogP contribution is 2.16. The van der Waals surface area contributed by atoms with Crippen LogP contribution in [-0.4, -0.2) is 36.3 Å². The van der Waals surface area contributed by atoms with Gasteiger partial charge < -0.3 is 9.84 Å². The maximum absolute atomic E-state index is 10.1. The smallest absolute Gasteiger partial charge is 0.122 e. The SMILES string of the molecule is Cc1ccccc1OCC(O)CN(C)Cc1ccccc1. The fourth-order valence-corrected chi connectivity index (χ4v) is 2.28. The minimum Gasteiger partial charge on any atom is -0.491 e. The quantitative estimate of drug-likeness (QED) is 0.849. The lowest BCUT2D eigenvalue weighted by Gasteiger charge is -2.21. The third-order valence-corrected chi connectivity index (χ3v) is 3.34. The van der Waals surface area contributed by atoms with Crippen molar-refractivity contribution >= 4 is 0 Å². The van der Waals surface area contributed by atoms with Crippen molar-refractivity contribution in [2.45, 2.75) is 19.6 Å². The van der Waals surface area contributed by atoms with Gasteiger partial charge in [0.05, 0.1) is 0 Å². The Balaban J connectivity index is 1.76. The molecule has 3 nitrogen and oxygen atoms in total. The van der Waals surface area contributed by atoms with Gasteiger partial charge in [0, 0.05) is 13.1 Å². The molecule has 1 atom stereocenters. The van der Waals surface area contributed by atoms with Crippen molar-refractivity contribution in [1.29, 1.82) is 0 Å². The Kier molecular flexibility index (Phi) is 5.78. The minimum atomic E-state index is -0.502. The third kappa shape index (κ3) is 5.21. The molecule has 1 unspecified atom stereocenters. The molecular weight excluding hydrogens is 262 g/mol. The van der Waals surface area contributed by atoms with Crippen molar-refractivity contribution in [3.63, 3.8) is 0 Å². The number of benzene rings is 2. The highest BCUT2D eigenvalue weighted by atomic mass is 16.5. The molecule has 0 saturated carbocycles. The second-order valence-corrected chi connectivity index (χ2v) is 5.41. The van der Waals surface area contributed by atoms with Crippen LogP contribution in [0.5, 0.6) is 5.75 Å². The molecule has 0 aliphatic rings. The molecule has 1 N–H and O–H groups in total. The molecule has 0 spiro atoms. The number of para-hydroxylation sites is 1. The first-order valence-electron chi connectivity index (χ1n) is 7.24. The molecule has 0 radical (unpaired) electrons. The van der Waals surface area contributed by atoms with Gasteiger partial charge in [-0.2, -0.15) is 0 Å². The zero-order valence-corrected chi connectivity index (χ0v) is 12.7. The number of hydrogen-bond acceptors (Lipinski definition) is 3. The van der Waals surface area contributed by atoms with Gasteiger partial charge in [-0.3, -0.25) is 4.90 Å². The summed E-state index contributed by atoms with van der Waals surface area (Å²) in [6.45, 7) is 3.72. The van der Waals surface area contributed by atoms with E-state index in [1.54, 1.807) is 0 Å². The van der Waals surface area contributed by atoms with Gasteiger partial charge >= 0.3 is 0 Å². The number of nitrogens with zero attached hydrogens (tertiary/aromatic N) is 1. The summed E-state index contributed by atoms with van der Waals surface area (Å²) in [5.74, 6) is 0.835. The van der Waals surface area contributed by atoms with Crippen LogP contribution in [0.4, 0.5) is 0 Å². The lowest BCUT2D eigenvalue weighted by molar-refractivity contribution is 0.0741. The molecule has 2 aromatic rings. The van der Waals surface area contributed by atoms with Gasteiger partial charge in [-0.15, -0.1) is 0 Å². The Bertz CT molecular complexity index is 542. The Hall–Kier alpha value is -1.84. The van der Waals surface area contributed by atoms with Gasteiger partial charge in [0.25, 0.3) is 0 Å². The van der Waals surface area contributed by atoms with Gasteiger partial charge in [-0.25, -0.2) is 0 Å². The molecule has 0 aliphatic carbocycles. The normalized spacial score (nSPS) is 12.4. The summed E-state index contributed by atoms with van der Waals surface area (Å²) in [6.07, 6.45) is -0.502. The molecule has 0 bridgehead atoms. The van der Waals surface area contributed by atoms with Gasteiger partial charge in [-0.05, 0) is 31.2 Å². The fourth-order valence-electron chi connectivity index (χ4n) is 2.28. The summed E-state index contributed by atoms with van der Waals surface area (Å²) in [4.78, 5) is 2.10. The summed E-state index contributed by atoms with van der Waals surface area (Å²) in [6, 6.07) is 18.1. The van der Waals surface area contributed by atoms with Gasteiger partial charge in [0.1, 0.15) is 18.5 Å². The summed E-state index contributed by atoms with van der Waals surface area (Å²) >= 11 is 0. The van der Waals surface area contributed by atoms with Crippen molar-refractivity contribution < 1.29 is 9.84 Å². The summed E-state index contributed by atoms with van der Waals surface area (Å²) in [5.41, 5.74) is 2.33. The number of aliphatic hydroxyl groups excluding tert-OH is 1. The Morgan fingerprint density at radius 2 is 1.71 bits per heavy atom. The Morgan fingerprint density at radius 3 is 2.43 bits per heavy atom. The van der Waals surface area contributed by atoms with E-state index in [2.05, 4.69) is 17.0 Å². The standard InChI is InChI=1S/C18H23NO2/c1-15-8-6-7-11-18(15)21-14-17(20)13-19(2)12-16-9-4-3-5-10-16/h3-11,17,20H,12-14H2,1-2H3. The average Bonchev–Trinajstić information content (AvgIpc) is 2.47. The largest absolute Gasteiger partial charge is 0.491 e. The van der Waals surface area contributed by atoms with Gasteiger partial charge in [-0.1, -0.05) is 48.5 Å². The predicted octanol–water partition coefficient (Wildman–Crippen LogP) is 2.87. The number of aliphatic hydroxyl groups is 1. The molecule has 2 rings (SSSR count). The highest BCUT2D eigenvalue weighted by Gasteiger charge is 2.10. The minimum absolute atomic E-state index is 0.310. The average molecular weight is 285 g/mol. The van der Waals surface area contributed by atoms with Crippen molar-refractivity contribution in [1.82, 2.24) is 4.90 Å². The molecule has 0 fully saturated rings. The van der Waals surface area contributed by atoms with Gasteiger partial charge in [0.2, 0.25) is 0 Å². The van der Waals surface area contributed by atoms with Crippen LogP contribution in [0.25, 0.3) is 0 Å². The zero-order valence-electron chi connectivity index (χ0n) is 12.7. The lowest BCUT2D eigenvalue weighted by Crippen LogP contribution is -2.32. The molecule has 2 aromatic carbocycles. The Labute approximate surface area is 126 Å². The first-order chi connectivity index (χ1) is 10.1. The van der Waals surface area contributed by atoms with Crippen molar-refractivity contribution in [2.75, 3.05) is 20.2 Å². The second-order valence-electron chi connectivity index (χ2n) is 5.41. The number of likely N-dealkylation sites (N-methyl/N-ethyl adjacent to an activating group) is 1. The van der Waals surface area contributed by atoms with Crippen LogP contribution in [-0.2, 0) is 6.54 Å². The van der Waals surface area contributed by atoms with Crippen molar-refractivity contribution in [3.8, 4) is 5.75 Å². The maximum Gasteiger partial charge on any atom is 0.122 e. The van der Waals surface area contributed by atoms with E-state index in [9.17, 15) is 5.11 Å². The summed E-state index contributed by atoms with van der Waals surface area (Å²) in [5, 5.41) is 10.1. The zero-order chi connectivity index (χ0) is 15.1. The monoisotopic (exact) mass is 285 g/mol. The molecule has 0 aliphatic heterocycles. The summed E-state index contributed by atoms with van der Waals surface area (Å²) in [7, 11) is 2.00. The number of rotatable bonds is 7. The Morgan fingerprint density at radius 1 is 1.05 bits per heavy atom. The summed E-state index contributed by atoms with van der Waals surface area (Å²) < 4.78 is 5.67. The lowest BCUT2D eigenvalue weighted by atomic mass is 10.2. The molecule has 3 heteroatoms. The number of aryl methyl sites for hydroxylation is 1. The third-order valence-electron chi connectivity index (χ3n) is 3.34. The molecule has 112 valence electrons. The van der Waals surface area contributed by atoms with Crippen molar-refractivity contribution in [2.24, 2.45) is 0 Å². The van der Waals surface area contributed by atoms with E-state index in [1.165, 1.54) is 5.56 Å². The predicted molar refractivity (Wildman–Crippen MR) is 85.5 cm³/mol. The van der Waals surface area contributed by atoms with Crippen LogP contribution >= 0.6 is 0 Å². The van der Waals surface area contributed by atoms with E-state index < -0.39 is 6.10 Å². The molecule has 0 saturated heterocycles. The van der Waals surface area contributed by atoms with E-state index in [0.29, 0.717) is 13.2 Å². The molecule has 0 heterocycles. The van der Waals surface area contributed by atoms with Crippen LogP contribution in [0, 0.1) is 6.92 Å². The van der Waals surface area contributed by atoms with Crippen LogP contribution in [0.3, 0.4) is 0 Å². The van der Waals surface area contributed by atoms with Crippen LogP contribution in [0.2, 0.25) is 0 Å². The van der Waals surface area contributed by atoms with Crippen molar-refractivity contribution in [3.05, 3.63) is 65.7 Å². The number of ether oxygens (including phenoxy) is 1. The van der Waals surface area contributed by atoms with Crippen LogP contribution in [0.15, 0.2) is 54.6 Å². The van der Waals surface area contributed by atoms with E-state index in [1.807, 2.05) is 56.4 Å². The molecular formula is C18H23NO2. The van der Waals surface area contributed by atoms with Gasteiger partial charge in [0.15, 0.2) is 0 Å². The first-order valence-corrected chi connectivity index (χ1v) is 7.24. The molecule has 0 amide bonds. The fraction of sp³-hybridized carbons (Fsp3) is 0.333. The highest BCUT2D eigenvalue weighted by molar-refractivity contribution is 5.31. The topological polar surface area (TPSA) is 32.7 Å². The maximum atomic E-state index is 10.1. The van der Waals surface area contributed by atoms with E-state index in [4.69, 9.17) is 4.74 Å². The molecule has 21 heavy (non-hydrogen) atoms. The van der Waals surface area contributed by atoms with E-state index in [-0.39, 0.29) is 0 Å². The second kappa shape index (κ2) is 7.81. The first kappa shape index (κ1) is 15.5. The van der Waals surface area contributed by atoms with E-state index in [0.717, 1.165) is 17.9 Å². The van der Waals surface area contributed by atoms with Crippen LogP contribution in [0.1, 0.15) is 11.1 Å². The molecule has 0 aromatic heterocycles. The number of hydrogen-bond donors (Lipinski definition) is 1. The van der Waals surface area contributed by atoms with Crippen LogP contribution < -0.4 is 4.74 Å². The van der Waals surface area contributed by atoms with E-state index >= 15 is 0 Å².